The Morgan fingerprint density at radius 1 is 0.893 bits per heavy atom. The van der Waals surface area contributed by atoms with Crippen molar-refractivity contribution in [2.24, 2.45) is 0 Å². The molecule has 1 aliphatic rings. The molecule has 2 N–H and O–H groups in total. The van der Waals surface area contributed by atoms with E-state index in [0.717, 1.165) is 25.9 Å². The van der Waals surface area contributed by atoms with Crippen LogP contribution in [-0.2, 0) is 16.0 Å². The normalized spacial score (nSPS) is 13.8. The first-order valence-corrected chi connectivity index (χ1v) is 10.2. The van der Waals surface area contributed by atoms with Crippen molar-refractivity contribution < 1.29 is 9.59 Å². The number of hydrogen-bond acceptors (Lipinski definition) is 3. The lowest BCUT2D eigenvalue weighted by Crippen LogP contribution is -2.36. The van der Waals surface area contributed by atoms with Crippen LogP contribution in [0.4, 0.5) is 11.4 Å². The number of nitrogens with zero attached hydrogens (tertiary/aromatic N) is 1. The fourth-order valence-corrected chi connectivity index (χ4v) is 3.45. The lowest BCUT2D eigenvalue weighted by molar-refractivity contribution is -0.136. The fraction of sp³-hybridized carbons (Fsp3) is 0.364. The predicted molar refractivity (Wildman–Crippen MR) is 114 cm³/mol. The smallest absolute Gasteiger partial charge is 0.313 e. The first-order valence-electron chi connectivity index (χ1n) is 9.80. The second-order valence-corrected chi connectivity index (χ2v) is 7.47. The summed E-state index contributed by atoms with van der Waals surface area (Å²) >= 11 is 5.80. The summed E-state index contributed by atoms with van der Waals surface area (Å²) in [6.45, 7) is 2.74. The number of carbonyl (C=O) groups is 2. The molecule has 1 aliphatic heterocycles. The van der Waals surface area contributed by atoms with E-state index in [1.807, 2.05) is 0 Å². The number of nitrogens with one attached hydrogen (secondary N) is 2. The van der Waals surface area contributed by atoms with E-state index in [2.05, 4.69) is 39.8 Å². The topological polar surface area (TPSA) is 61.4 Å². The molecule has 3 rings (SSSR count). The summed E-state index contributed by atoms with van der Waals surface area (Å²) in [4.78, 5) is 26.2. The van der Waals surface area contributed by atoms with E-state index in [-0.39, 0.29) is 0 Å². The molecule has 2 aromatic rings. The van der Waals surface area contributed by atoms with Gasteiger partial charge in [-0.2, -0.15) is 0 Å². The number of amides is 2. The van der Waals surface area contributed by atoms with Crippen molar-refractivity contribution in [3.05, 3.63) is 59.1 Å². The van der Waals surface area contributed by atoms with Crippen LogP contribution < -0.4 is 15.5 Å². The van der Waals surface area contributed by atoms with E-state index in [4.69, 9.17) is 11.6 Å². The molecule has 5 nitrogen and oxygen atoms in total. The maximum atomic E-state index is 11.9. The highest BCUT2D eigenvalue weighted by Crippen LogP contribution is 2.20. The van der Waals surface area contributed by atoms with Gasteiger partial charge in [0.15, 0.2) is 0 Å². The second-order valence-electron chi connectivity index (χ2n) is 7.03. The van der Waals surface area contributed by atoms with Gasteiger partial charge in [-0.25, -0.2) is 0 Å². The van der Waals surface area contributed by atoms with Crippen LogP contribution in [0.15, 0.2) is 48.5 Å². The van der Waals surface area contributed by atoms with Crippen molar-refractivity contribution in [1.82, 2.24) is 5.32 Å². The molecule has 0 aliphatic carbocycles. The van der Waals surface area contributed by atoms with E-state index in [0.29, 0.717) is 17.3 Å². The number of carbonyl (C=O) groups excluding carboxylic acids is 2. The molecule has 148 valence electrons. The Hall–Kier alpha value is -2.53. The third-order valence-electron chi connectivity index (χ3n) is 4.89. The van der Waals surface area contributed by atoms with Crippen LogP contribution in [0.5, 0.6) is 0 Å². The largest absolute Gasteiger partial charge is 0.372 e. The Morgan fingerprint density at radius 2 is 1.57 bits per heavy atom. The van der Waals surface area contributed by atoms with Crippen LogP contribution in [-0.4, -0.2) is 31.4 Å². The Morgan fingerprint density at radius 3 is 2.25 bits per heavy atom. The molecular weight excluding hydrogens is 374 g/mol. The van der Waals surface area contributed by atoms with Crippen LogP contribution in [0.25, 0.3) is 0 Å². The van der Waals surface area contributed by atoms with Gasteiger partial charge in [-0.05, 0) is 74.1 Å². The summed E-state index contributed by atoms with van der Waals surface area (Å²) in [6, 6.07) is 15.3. The Bertz CT molecular complexity index is 784. The molecule has 0 radical (unpaired) electrons. The highest BCUT2D eigenvalue weighted by atomic mass is 35.5. The van der Waals surface area contributed by atoms with Gasteiger partial charge in [0.05, 0.1) is 0 Å². The van der Waals surface area contributed by atoms with E-state index in [9.17, 15) is 9.59 Å². The molecule has 1 fully saturated rings. The number of hydrogen-bond donors (Lipinski definition) is 2. The van der Waals surface area contributed by atoms with E-state index in [1.54, 1.807) is 24.3 Å². The first-order chi connectivity index (χ1) is 13.6. The summed E-state index contributed by atoms with van der Waals surface area (Å²) in [5.74, 6) is -1.30. The molecule has 0 spiro atoms. The van der Waals surface area contributed by atoms with Gasteiger partial charge in [0.2, 0.25) is 0 Å². The first kappa shape index (κ1) is 20.2. The molecule has 2 amide bonds. The van der Waals surface area contributed by atoms with Gasteiger partial charge >= 0.3 is 11.8 Å². The zero-order valence-corrected chi connectivity index (χ0v) is 16.7. The number of benzene rings is 2. The SMILES string of the molecule is O=C(NCCCc1ccc(N2CCCCC2)cc1)C(=O)Nc1ccc(Cl)cc1. The van der Waals surface area contributed by atoms with Gasteiger partial charge in [-0.1, -0.05) is 23.7 Å². The van der Waals surface area contributed by atoms with E-state index < -0.39 is 11.8 Å². The van der Waals surface area contributed by atoms with Crippen molar-refractivity contribution in [3.8, 4) is 0 Å². The van der Waals surface area contributed by atoms with Crippen LogP contribution in [0, 0.1) is 0 Å². The Kier molecular flexibility index (Phi) is 7.31. The molecule has 28 heavy (non-hydrogen) atoms. The molecule has 2 aromatic carbocycles. The van der Waals surface area contributed by atoms with Crippen molar-refractivity contribution in [3.63, 3.8) is 0 Å². The Labute approximate surface area is 171 Å². The number of anilines is 2. The average Bonchev–Trinajstić information content (AvgIpc) is 2.73. The quantitative estimate of drug-likeness (QED) is 0.569. The third-order valence-corrected chi connectivity index (χ3v) is 5.15. The van der Waals surface area contributed by atoms with Crippen molar-refractivity contribution in [2.75, 3.05) is 29.9 Å². The fourth-order valence-electron chi connectivity index (χ4n) is 3.32. The maximum absolute atomic E-state index is 11.9. The highest BCUT2D eigenvalue weighted by Gasteiger charge is 2.13. The minimum Gasteiger partial charge on any atom is -0.372 e. The monoisotopic (exact) mass is 399 g/mol. The molecule has 0 saturated carbocycles. The third kappa shape index (κ3) is 5.99. The predicted octanol–water partition coefficient (Wildman–Crippen LogP) is 4.02. The van der Waals surface area contributed by atoms with Gasteiger partial charge in [0.1, 0.15) is 0 Å². The van der Waals surface area contributed by atoms with Crippen LogP contribution in [0.1, 0.15) is 31.2 Å². The van der Waals surface area contributed by atoms with Crippen molar-refractivity contribution >= 4 is 34.8 Å². The standard InChI is InChI=1S/C22H26ClN3O2/c23-18-8-10-19(11-9-18)25-22(28)21(27)24-14-4-5-17-6-12-20(13-7-17)26-15-2-1-3-16-26/h6-13H,1-5,14-16H2,(H,24,27)(H,25,28). The maximum Gasteiger partial charge on any atom is 0.313 e. The van der Waals surface area contributed by atoms with E-state index >= 15 is 0 Å². The molecule has 0 bridgehead atoms. The van der Waals surface area contributed by atoms with Gasteiger partial charge in [0.25, 0.3) is 0 Å². The van der Waals surface area contributed by atoms with E-state index in [1.165, 1.54) is 30.5 Å². The van der Waals surface area contributed by atoms with Gasteiger partial charge < -0.3 is 15.5 Å². The molecule has 1 saturated heterocycles. The number of halogens is 1. The highest BCUT2D eigenvalue weighted by molar-refractivity contribution is 6.39. The lowest BCUT2D eigenvalue weighted by atomic mass is 10.1. The average molecular weight is 400 g/mol. The molecule has 0 aromatic heterocycles. The summed E-state index contributed by atoms with van der Waals surface area (Å²) in [7, 11) is 0. The summed E-state index contributed by atoms with van der Waals surface area (Å²) in [5.41, 5.74) is 3.06. The van der Waals surface area contributed by atoms with Crippen molar-refractivity contribution in [2.45, 2.75) is 32.1 Å². The molecule has 0 unspecified atom stereocenters. The number of aryl methyl sites for hydroxylation is 1. The van der Waals surface area contributed by atoms with Crippen LogP contribution in [0.2, 0.25) is 5.02 Å². The number of piperidine rings is 1. The summed E-state index contributed by atoms with van der Waals surface area (Å²) in [6.07, 6.45) is 5.51. The van der Waals surface area contributed by atoms with Crippen LogP contribution >= 0.6 is 11.6 Å². The van der Waals surface area contributed by atoms with Crippen molar-refractivity contribution in [1.29, 1.82) is 0 Å². The zero-order valence-electron chi connectivity index (χ0n) is 15.9. The minimum absolute atomic E-state index is 0.459. The summed E-state index contributed by atoms with van der Waals surface area (Å²) < 4.78 is 0. The minimum atomic E-state index is -0.673. The second kappa shape index (κ2) is 10.1. The van der Waals surface area contributed by atoms with Gasteiger partial charge in [-0.3, -0.25) is 9.59 Å². The lowest BCUT2D eigenvalue weighted by Gasteiger charge is -2.28. The number of rotatable bonds is 6. The van der Waals surface area contributed by atoms with Crippen LogP contribution in [0.3, 0.4) is 0 Å². The molecular formula is C22H26ClN3O2. The summed E-state index contributed by atoms with van der Waals surface area (Å²) in [5, 5.41) is 5.79. The Balaban J connectivity index is 1.37. The molecule has 1 heterocycles. The zero-order chi connectivity index (χ0) is 19.8. The van der Waals surface area contributed by atoms with Gasteiger partial charge in [-0.15, -0.1) is 0 Å². The molecule has 6 heteroatoms. The molecule has 0 atom stereocenters. The van der Waals surface area contributed by atoms with Gasteiger partial charge in [0, 0.05) is 36.0 Å².